The molecule has 1 atom stereocenters. The van der Waals surface area contributed by atoms with Gasteiger partial charge in [0.25, 0.3) is 0 Å². The average Bonchev–Trinajstić information content (AvgIpc) is 3.48. The van der Waals surface area contributed by atoms with Crippen molar-refractivity contribution in [3.8, 4) is 0 Å². The SMILES string of the molecule is CCCCOC(=O)C(C1CC1)C(O)(c1ccc(F)cc1)c1ccc(F)cc1. The fourth-order valence-electron chi connectivity index (χ4n) is 3.47. The van der Waals surface area contributed by atoms with E-state index < -0.39 is 29.1 Å². The average molecular weight is 374 g/mol. The molecule has 0 radical (unpaired) electrons. The van der Waals surface area contributed by atoms with E-state index in [1.165, 1.54) is 48.5 Å². The van der Waals surface area contributed by atoms with Gasteiger partial charge in [0.2, 0.25) is 0 Å². The normalized spacial score (nSPS) is 15.4. The fourth-order valence-corrected chi connectivity index (χ4v) is 3.47. The first-order chi connectivity index (χ1) is 13.0. The third-order valence-electron chi connectivity index (χ3n) is 5.11. The minimum Gasteiger partial charge on any atom is -0.465 e. The number of hydrogen-bond donors (Lipinski definition) is 1. The van der Waals surface area contributed by atoms with Gasteiger partial charge in [0.1, 0.15) is 17.2 Å². The van der Waals surface area contributed by atoms with Gasteiger partial charge in [0, 0.05) is 0 Å². The number of hydrogen-bond acceptors (Lipinski definition) is 3. The quantitative estimate of drug-likeness (QED) is 0.544. The summed E-state index contributed by atoms with van der Waals surface area (Å²) in [6.45, 7) is 2.29. The van der Waals surface area contributed by atoms with Crippen molar-refractivity contribution in [3.05, 3.63) is 71.3 Å². The van der Waals surface area contributed by atoms with Crippen molar-refractivity contribution in [1.29, 1.82) is 0 Å². The maximum Gasteiger partial charge on any atom is 0.312 e. The summed E-state index contributed by atoms with van der Waals surface area (Å²) in [5.41, 5.74) is -0.939. The van der Waals surface area contributed by atoms with Crippen molar-refractivity contribution in [2.75, 3.05) is 6.61 Å². The zero-order chi connectivity index (χ0) is 19.4. The molecule has 1 fully saturated rings. The van der Waals surface area contributed by atoms with E-state index in [0.29, 0.717) is 17.7 Å². The second kappa shape index (κ2) is 8.17. The number of carbonyl (C=O) groups excluding carboxylic acids is 1. The number of halogens is 2. The van der Waals surface area contributed by atoms with E-state index in [-0.39, 0.29) is 5.92 Å². The van der Waals surface area contributed by atoms with Crippen molar-refractivity contribution < 1.29 is 23.4 Å². The van der Waals surface area contributed by atoms with Gasteiger partial charge < -0.3 is 9.84 Å². The molecule has 5 heteroatoms. The van der Waals surface area contributed by atoms with Crippen molar-refractivity contribution in [3.63, 3.8) is 0 Å². The Kier molecular flexibility index (Phi) is 5.90. The molecule has 1 N–H and O–H groups in total. The summed E-state index contributed by atoms with van der Waals surface area (Å²) in [7, 11) is 0. The van der Waals surface area contributed by atoms with Crippen molar-refractivity contribution in [2.45, 2.75) is 38.2 Å². The molecule has 0 amide bonds. The molecule has 1 unspecified atom stereocenters. The van der Waals surface area contributed by atoms with E-state index in [2.05, 4.69) is 0 Å². The molecule has 2 aromatic rings. The third kappa shape index (κ3) is 4.19. The number of carbonyl (C=O) groups is 1. The van der Waals surface area contributed by atoms with Crippen molar-refractivity contribution in [1.82, 2.24) is 0 Å². The maximum atomic E-state index is 13.4. The van der Waals surface area contributed by atoms with Gasteiger partial charge in [-0.15, -0.1) is 0 Å². The van der Waals surface area contributed by atoms with Crippen LogP contribution in [0.25, 0.3) is 0 Å². The van der Waals surface area contributed by atoms with E-state index in [1.54, 1.807) is 0 Å². The van der Waals surface area contributed by atoms with Crippen LogP contribution in [-0.4, -0.2) is 17.7 Å². The molecule has 1 aliphatic carbocycles. The van der Waals surface area contributed by atoms with Crippen molar-refractivity contribution in [2.24, 2.45) is 11.8 Å². The third-order valence-corrected chi connectivity index (χ3v) is 5.11. The summed E-state index contributed by atoms with van der Waals surface area (Å²) in [5, 5.41) is 11.8. The molecule has 0 aromatic heterocycles. The standard InChI is InChI=1S/C22H24F2O3/c1-2-3-14-27-21(25)20(15-4-5-15)22(26,16-6-10-18(23)11-7-16)17-8-12-19(24)13-9-17/h6-13,15,20,26H,2-5,14H2,1H3. The molecular formula is C22H24F2O3. The Morgan fingerprint density at radius 3 is 1.96 bits per heavy atom. The van der Waals surface area contributed by atoms with E-state index in [4.69, 9.17) is 4.74 Å². The van der Waals surface area contributed by atoms with Crippen LogP contribution in [-0.2, 0) is 15.1 Å². The highest BCUT2D eigenvalue weighted by Crippen LogP contribution is 2.49. The number of benzene rings is 2. The zero-order valence-electron chi connectivity index (χ0n) is 15.3. The van der Waals surface area contributed by atoms with Crippen LogP contribution in [0, 0.1) is 23.5 Å². The summed E-state index contributed by atoms with van der Waals surface area (Å²) < 4.78 is 32.3. The Labute approximate surface area is 158 Å². The minimum atomic E-state index is -1.72. The zero-order valence-corrected chi connectivity index (χ0v) is 15.3. The molecule has 27 heavy (non-hydrogen) atoms. The van der Waals surface area contributed by atoms with E-state index in [1.807, 2.05) is 6.92 Å². The van der Waals surface area contributed by atoms with Crippen LogP contribution in [0.3, 0.4) is 0 Å². The molecule has 1 aliphatic rings. The smallest absolute Gasteiger partial charge is 0.312 e. The topological polar surface area (TPSA) is 46.5 Å². The van der Waals surface area contributed by atoms with Gasteiger partial charge in [-0.1, -0.05) is 37.6 Å². The first-order valence-electron chi connectivity index (χ1n) is 9.38. The Morgan fingerprint density at radius 1 is 1.07 bits per heavy atom. The lowest BCUT2D eigenvalue weighted by Gasteiger charge is -2.36. The van der Waals surface area contributed by atoms with Gasteiger partial charge in [-0.05, 0) is 60.6 Å². The van der Waals surface area contributed by atoms with Gasteiger partial charge in [-0.2, -0.15) is 0 Å². The molecule has 0 spiro atoms. The van der Waals surface area contributed by atoms with E-state index in [0.717, 1.165) is 25.7 Å². The lowest BCUT2D eigenvalue weighted by atomic mass is 9.73. The molecule has 0 heterocycles. The Bertz CT molecular complexity index is 722. The highest BCUT2D eigenvalue weighted by Gasteiger charge is 2.52. The second-order valence-corrected chi connectivity index (χ2v) is 7.12. The largest absolute Gasteiger partial charge is 0.465 e. The molecule has 0 saturated heterocycles. The summed E-state index contributed by atoms with van der Waals surface area (Å²) in [4.78, 5) is 12.9. The number of rotatable bonds is 8. The monoisotopic (exact) mass is 374 g/mol. The molecule has 0 bridgehead atoms. The molecule has 144 valence electrons. The van der Waals surface area contributed by atoms with Gasteiger partial charge in [-0.25, -0.2) is 8.78 Å². The van der Waals surface area contributed by atoms with Crippen LogP contribution >= 0.6 is 0 Å². The van der Waals surface area contributed by atoms with Gasteiger partial charge in [-0.3, -0.25) is 4.79 Å². The van der Waals surface area contributed by atoms with Gasteiger partial charge in [0.15, 0.2) is 0 Å². The minimum absolute atomic E-state index is 0.0285. The highest BCUT2D eigenvalue weighted by molar-refractivity contribution is 5.76. The van der Waals surface area contributed by atoms with Gasteiger partial charge >= 0.3 is 5.97 Å². The Morgan fingerprint density at radius 2 is 1.56 bits per heavy atom. The molecule has 2 aromatic carbocycles. The first kappa shape index (κ1) is 19.5. The molecule has 3 nitrogen and oxygen atoms in total. The van der Waals surface area contributed by atoms with Crippen LogP contribution in [0.1, 0.15) is 43.7 Å². The fraction of sp³-hybridized carbons (Fsp3) is 0.409. The lowest BCUT2D eigenvalue weighted by Crippen LogP contribution is -2.43. The summed E-state index contributed by atoms with van der Waals surface area (Å²) in [5.74, 6) is -2.20. The van der Waals surface area contributed by atoms with Crippen LogP contribution in [0.4, 0.5) is 8.78 Å². The van der Waals surface area contributed by atoms with Crippen LogP contribution in [0.2, 0.25) is 0 Å². The van der Waals surface area contributed by atoms with Gasteiger partial charge in [0.05, 0.1) is 12.5 Å². The second-order valence-electron chi connectivity index (χ2n) is 7.12. The summed E-state index contributed by atoms with van der Waals surface area (Å²) >= 11 is 0. The van der Waals surface area contributed by atoms with Crippen LogP contribution in [0.5, 0.6) is 0 Å². The predicted molar refractivity (Wildman–Crippen MR) is 97.9 cm³/mol. The summed E-state index contributed by atoms with van der Waals surface area (Å²) in [6, 6.07) is 10.8. The molecule has 0 aliphatic heterocycles. The Hall–Kier alpha value is -2.27. The highest BCUT2D eigenvalue weighted by atomic mass is 19.1. The van der Waals surface area contributed by atoms with E-state index in [9.17, 15) is 18.7 Å². The number of ether oxygens (including phenoxy) is 1. The van der Waals surface area contributed by atoms with Crippen LogP contribution in [0.15, 0.2) is 48.5 Å². The number of esters is 1. The molecule has 1 saturated carbocycles. The molecular weight excluding hydrogens is 350 g/mol. The lowest BCUT2D eigenvalue weighted by molar-refractivity contribution is -0.158. The number of aliphatic hydroxyl groups is 1. The maximum absolute atomic E-state index is 13.4. The predicted octanol–water partition coefficient (Wildman–Crippen LogP) is 4.57. The number of unbranched alkanes of at least 4 members (excludes halogenated alkanes) is 1. The molecule has 3 rings (SSSR count). The first-order valence-corrected chi connectivity index (χ1v) is 9.38. The summed E-state index contributed by atoms with van der Waals surface area (Å²) in [6.07, 6.45) is 3.24. The van der Waals surface area contributed by atoms with Crippen LogP contribution < -0.4 is 0 Å². The van der Waals surface area contributed by atoms with E-state index >= 15 is 0 Å². The Balaban J connectivity index is 2.05. The van der Waals surface area contributed by atoms with Crippen molar-refractivity contribution >= 4 is 5.97 Å².